The quantitative estimate of drug-likeness (QED) is 0.559. The Kier molecular flexibility index (Phi) is 6.44. The van der Waals surface area contributed by atoms with Crippen LogP contribution in [0.2, 0.25) is 10.0 Å². The van der Waals surface area contributed by atoms with Crippen LogP contribution in [-0.4, -0.2) is 11.9 Å². The van der Waals surface area contributed by atoms with Crippen molar-refractivity contribution in [2.75, 3.05) is 0 Å². The lowest BCUT2D eigenvalue weighted by molar-refractivity contribution is -0.136. The Hall–Kier alpha value is -2.04. The summed E-state index contributed by atoms with van der Waals surface area (Å²) in [7, 11) is 0. The summed E-state index contributed by atoms with van der Waals surface area (Å²) in [6.45, 7) is 0. The zero-order valence-corrected chi connectivity index (χ0v) is 13.6. The molecule has 0 aliphatic heterocycles. The van der Waals surface area contributed by atoms with Crippen LogP contribution in [0.5, 0.6) is 11.5 Å². The van der Waals surface area contributed by atoms with Gasteiger partial charge < -0.3 is 9.47 Å². The molecule has 0 fully saturated rings. The maximum absolute atomic E-state index is 11.7. The Bertz CT molecular complexity index is 641. The summed E-state index contributed by atoms with van der Waals surface area (Å²) in [6.07, 6.45) is 0.549. The highest BCUT2D eigenvalue weighted by Gasteiger charge is 2.09. The van der Waals surface area contributed by atoms with E-state index in [0.717, 1.165) is 0 Å². The molecule has 2 aromatic rings. The van der Waals surface area contributed by atoms with Gasteiger partial charge >= 0.3 is 11.9 Å². The lowest BCUT2D eigenvalue weighted by atomic mass is 10.2. The summed E-state index contributed by atoms with van der Waals surface area (Å²) in [5.41, 5.74) is 0. The first-order chi connectivity index (χ1) is 11.0. The number of rotatable bonds is 6. The largest absolute Gasteiger partial charge is 0.426 e. The van der Waals surface area contributed by atoms with Crippen LogP contribution in [0.4, 0.5) is 0 Å². The van der Waals surface area contributed by atoms with Gasteiger partial charge in [-0.3, -0.25) is 9.59 Å². The molecule has 0 saturated heterocycles. The predicted molar refractivity (Wildman–Crippen MR) is 88.0 cm³/mol. The minimum Gasteiger partial charge on any atom is -0.426 e. The fourth-order valence-electron chi connectivity index (χ4n) is 1.80. The molecule has 0 radical (unpaired) electrons. The van der Waals surface area contributed by atoms with E-state index in [9.17, 15) is 9.59 Å². The Morgan fingerprint density at radius 1 is 0.783 bits per heavy atom. The molecule has 0 spiro atoms. The van der Waals surface area contributed by atoms with Gasteiger partial charge in [-0.15, -0.1) is 0 Å². The molecule has 0 bridgehead atoms. The molecule has 2 rings (SSSR count). The van der Waals surface area contributed by atoms with Crippen LogP contribution in [0.3, 0.4) is 0 Å². The van der Waals surface area contributed by atoms with Crippen LogP contribution < -0.4 is 9.47 Å². The molecule has 0 amide bonds. The maximum atomic E-state index is 11.7. The number of esters is 2. The number of hydrogen-bond acceptors (Lipinski definition) is 4. The van der Waals surface area contributed by atoms with Gasteiger partial charge in [-0.25, -0.2) is 0 Å². The molecule has 0 atom stereocenters. The summed E-state index contributed by atoms with van der Waals surface area (Å²) in [5, 5.41) is 0.973. The highest BCUT2D eigenvalue weighted by Crippen LogP contribution is 2.19. The monoisotopic (exact) mass is 352 g/mol. The van der Waals surface area contributed by atoms with Crippen molar-refractivity contribution in [3.63, 3.8) is 0 Å². The predicted octanol–water partition coefficient (Wildman–Crippen LogP) is 4.67. The molecule has 0 unspecified atom stereocenters. The minimum absolute atomic E-state index is 0.108. The molecule has 120 valence electrons. The number of carbonyl (C=O) groups excluding carboxylic acids is 2. The van der Waals surface area contributed by atoms with Crippen molar-refractivity contribution in [2.45, 2.75) is 19.3 Å². The average molecular weight is 353 g/mol. The topological polar surface area (TPSA) is 52.6 Å². The van der Waals surface area contributed by atoms with Gasteiger partial charge in [-0.05, 0) is 42.8 Å². The smallest absolute Gasteiger partial charge is 0.311 e. The molecule has 6 heteroatoms. The first-order valence-corrected chi connectivity index (χ1v) is 7.71. The van der Waals surface area contributed by atoms with Crippen LogP contribution in [-0.2, 0) is 9.59 Å². The average Bonchev–Trinajstić information content (AvgIpc) is 2.47. The summed E-state index contributed by atoms with van der Waals surface area (Å²) in [4.78, 5) is 23.3. The zero-order valence-electron chi connectivity index (χ0n) is 12.1. The Morgan fingerprint density at radius 2 is 1.22 bits per heavy atom. The van der Waals surface area contributed by atoms with Crippen molar-refractivity contribution in [3.05, 3.63) is 58.6 Å². The van der Waals surface area contributed by atoms with Crippen LogP contribution in [0.25, 0.3) is 0 Å². The maximum Gasteiger partial charge on any atom is 0.311 e. The van der Waals surface area contributed by atoms with Crippen molar-refractivity contribution in [1.29, 1.82) is 0 Å². The van der Waals surface area contributed by atoms with E-state index in [1.807, 2.05) is 0 Å². The molecular weight excluding hydrogens is 339 g/mol. The van der Waals surface area contributed by atoms with Gasteiger partial charge in [-0.1, -0.05) is 35.3 Å². The van der Waals surface area contributed by atoms with E-state index < -0.39 is 11.9 Å². The summed E-state index contributed by atoms with van der Waals surface area (Å²) < 4.78 is 10.2. The van der Waals surface area contributed by atoms with Crippen LogP contribution in [0.15, 0.2) is 48.5 Å². The number of benzene rings is 2. The van der Waals surface area contributed by atoms with Crippen molar-refractivity contribution >= 4 is 35.1 Å². The van der Waals surface area contributed by atoms with Gasteiger partial charge in [0, 0.05) is 22.9 Å². The van der Waals surface area contributed by atoms with E-state index in [0.29, 0.717) is 28.0 Å². The van der Waals surface area contributed by atoms with Crippen molar-refractivity contribution in [3.8, 4) is 11.5 Å². The van der Waals surface area contributed by atoms with E-state index in [1.165, 1.54) is 0 Å². The van der Waals surface area contributed by atoms with Gasteiger partial charge in [0.25, 0.3) is 0 Å². The van der Waals surface area contributed by atoms with Crippen molar-refractivity contribution in [2.24, 2.45) is 0 Å². The first kappa shape index (κ1) is 17.3. The molecule has 0 N–H and O–H groups in total. The van der Waals surface area contributed by atoms with Crippen LogP contribution in [0, 0.1) is 0 Å². The van der Waals surface area contributed by atoms with E-state index >= 15 is 0 Å². The molecule has 0 heterocycles. The number of ether oxygens (including phenoxy) is 2. The lowest BCUT2D eigenvalue weighted by Crippen LogP contribution is -2.11. The minimum atomic E-state index is -0.428. The van der Waals surface area contributed by atoms with E-state index in [2.05, 4.69) is 0 Å². The van der Waals surface area contributed by atoms with Crippen molar-refractivity contribution < 1.29 is 19.1 Å². The Labute approximate surface area is 143 Å². The third-order valence-electron chi connectivity index (χ3n) is 2.82. The Morgan fingerprint density at radius 3 is 1.61 bits per heavy atom. The molecule has 2 aromatic carbocycles. The second-order valence-electron chi connectivity index (χ2n) is 4.72. The number of hydrogen-bond donors (Lipinski definition) is 0. The fraction of sp³-hybridized carbons (Fsp3) is 0.176. The third kappa shape index (κ3) is 6.30. The molecule has 0 saturated carbocycles. The SMILES string of the molecule is O=C(CCCC(=O)Oc1cccc(Cl)c1)Oc1cccc(Cl)c1. The number of carbonyl (C=O) groups is 2. The first-order valence-electron chi connectivity index (χ1n) is 6.95. The van der Waals surface area contributed by atoms with Crippen LogP contribution >= 0.6 is 23.2 Å². The molecule has 23 heavy (non-hydrogen) atoms. The van der Waals surface area contributed by atoms with Crippen molar-refractivity contribution in [1.82, 2.24) is 0 Å². The fourth-order valence-corrected chi connectivity index (χ4v) is 2.16. The van der Waals surface area contributed by atoms with Gasteiger partial charge in [0.05, 0.1) is 0 Å². The second-order valence-corrected chi connectivity index (χ2v) is 5.59. The standard InChI is InChI=1S/C17H14Cl2O4/c18-12-4-1-6-14(10-12)22-16(20)8-3-9-17(21)23-15-7-2-5-13(19)11-15/h1-2,4-7,10-11H,3,8-9H2. The molecule has 4 nitrogen and oxygen atoms in total. The van der Waals surface area contributed by atoms with Crippen LogP contribution in [0.1, 0.15) is 19.3 Å². The van der Waals surface area contributed by atoms with Gasteiger partial charge in [0.1, 0.15) is 11.5 Å². The zero-order chi connectivity index (χ0) is 16.7. The van der Waals surface area contributed by atoms with E-state index in [4.69, 9.17) is 32.7 Å². The lowest BCUT2D eigenvalue weighted by Gasteiger charge is -2.05. The number of halogens is 2. The normalized spacial score (nSPS) is 10.2. The molecule has 0 aliphatic carbocycles. The molecule has 0 aromatic heterocycles. The summed E-state index contributed by atoms with van der Waals surface area (Å²) >= 11 is 11.6. The van der Waals surface area contributed by atoms with Gasteiger partial charge in [-0.2, -0.15) is 0 Å². The second kappa shape index (κ2) is 8.56. The van der Waals surface area contributed by atoms with E-state index in [-0.39, 0.29) is 12.8 Å². The third-order valence-corrected chi connectivity index (χ3v) is 3.29. The van der Waals surface area contributed by atoms with E-state index in [1.54, 1.807) is 48.5 Å². The molecular formula is C17H14Cl2O4. The Balaban J connectivity index is 1.71. The van der Waals surface area contributed by atoms with Gasteiger partial charge in [0.2, 0.25) is 0 Å². The summed E-state index contributed by atoms with van der Waals surface area (Å²) in [6, 6.07) is 13.1. The summed E-state index contributed by atoms with van der Waals surface area (Å²) in [5.74, 6) is -0.0985. The highest BCUT2D eigenvalue weighted by atomic mass is 35.5. The molecule has 0 aliphatic rings. The highest BCUT2D eigenvalue weighted by molar-refractivity contribution is 6.31. The van der Waals surface area contributed by atoms with Gasteiger partial charge in [0.15, 0.2) is 0 Å².